The van der Waals surface area contributed by atoms with E-state index in [1.54, 1.807) is 0 Å². The predicted molar refractivity (Wildman–Crippen MR) is 157 cm³/mol. The Hall–Kier alpha value is 0.0569. The SMILES string of the molecule is CCO[Si](CC)(CC)CC(CCCN(CC)CC)(CCCN(CC)CC)CCCN(CC)CC. The van der Waals surface area contributed by atoms with E-state index in [1.165, 1.54) is 116 Å². The summed E-state index contributed by atoms with van der Waals surface area (Å²) in [6.45, 7) is 32.6. The minimum atomic E-state index is -1.70. The normalized spacial score (nSPS) is 13.1. The van der Waals surface area contributed by atoms with Gasteiger partial charge in [0.25, 0.3) is 0 Å². The molecule has 0 fully saturated rings. The van der Waals surface area contributed by atoms with Crippen molar-refractivity contribution in [1.82, 2.24) is 14.7 Å². The van der Waals surface area contributed by atoms with E-state index in [4.69, 9.17) is 4.43 Å². The molecule has 0 N–H and O–H groups in total. The lowest BCUT2D eigenvalue weighted by Gasteiger charge is -2.43. The summed E-state index contributed by atoms with van der Waals surface area (Å²) < 4.78 is 6.70. The molecule has 0 aliphatic heterocycles. The zero-order chi connectivity index (χ0) is 25.9. The second-order valence-corrected chi connectivity index (χ2v) is 14.8. The van der Waals surface area contributed by atoms with Crippen LogP contribution in [0.1, 0.15) is 101 Å². The first kappa shape index (κ1) is 34.1. The maximum absolute atomic E-state index is 6.70. The molecule has 0 heterocycles. The van der Waals surface area contributed by atoms with Gasteiger partial charge in [0.15, 0.2) is 8.32 Å². The van der Waals surface area contributed by atoms with E-state index < -0.39 is 8.32 Å². The molecule has 0 aliphatic carbocycles. The smallest absolute Gasteiger partial charge is 0.192 e. The van der Waals surface area contributed by atoms with Gasteiger partial charge in [-0.2, -0.15) is 0 Å². The van der Waals surface area contributed by atoms with Crippen LogP contribution in [0, 0.1) is 5.41 Å². The quantitative estimate of drug-likeness (QED) is 0.129. The van der Waals surface area contributed by atoms with Gasteiger partial charge in [-0.25, -0.2) is 0 Å². The van der Waals surface area contributed by atoms with Gasteiger partial charge in [0, 0.05) is 6.61 Å². The molecule has 0 aromatic rings. The van der Waals surface area contributed by atoms with Gasteiger partial charge < -0.3 is 19.1 Å². The van der Waals surface area contributed by atoms with Crippen molar-refractivity contribution in [2.45, 2.75) is 119 Å². The van der Waals surface area contributed by atoms with Crippen molar-refractivity contribution in [3.8, 4) is 0 Å². The highest BCUT2D eigenvalue weighted by molar-refractivity contribution is 6.73. The highest BCUT2D eigenvalue weighted by Crippen LogP contribution is 2.45. The van der Waals surface area contributed by atoms with Crippen molar-refractivity contribution in [2.24, 2.45) is 5.41 Å². The molecule has 5 heteroatoms. The fourth-order valence-corrected chi connectivity index (χ4v) is 10.1. The summed E-state index contributed by atoms with van der Waals surface area (Å²) in [7, 11) is -1.70. The van der Waals surface area contributed by atoms with Crippen molar-refractivity contribution in [3.63, 3.8) is 0 Å². The summed E-state index contributed by atoms with van der Waals surface area (Å²) in [4.78, 5) is 7.84. The second-order valence-electron chi connectivity index (χ2n) is 10.4. The van der Waals surface area contributed by atoms with Crippen LogP contribution in [0.15, 0.2) is 0 Å². The topological polar surface area (TPSA) is 19.0 Å². The number of rotatable bonds is 24. The molecule has 0 aliphatic rings. The first-order chi connectivity index (χ1) is 16.4. The third-order valence-electron chi connectivity index (χ3n) is 8.66. The molecule has 0 rings (SSSR count). The van der Waals surface area contributed by atoms with Crippen molar-refractivity contribution in [1.29, 1.82) is 0 Å². The Morgan fingerprint density at radius 3 is 1.09 bits per heavy atom. The molecule has 206 valence electrons. The van der Waals surface area contributed by atoms with Crippen LogP contribution in [0.2, 0.25) is 18.1 Å². The van der Waals surface area contributed by atoms with Crippen LogP contribution in [-0.4, -0.2) is 88.5 Å². The van der Waals surface area contributed by atoms with Gasteiger partial charge in [-0.05, 0) is 128 Å². The van der Waals surface area contributed by atoms with Gasteiger partial charge in [-0.15, -0.1) is 0 Å². The number of nitrogens with zero attached hydrogens (tertiary/aromatic N) is 3. The van der Waals surface area contributed by atoms with Gasteiger partial charge in [-0.1, -0.05) is 55.4 Å². The Morgan fingerprint density at radius 1 is 0.529 bits per heavy atom. The Bertz CT molecular complexity index is 401. The molecular formula is C29H65N3OSi. The number of hydrogen-bond acceptors (Lipinski definition) is 4. The molecule has 0 amide bonds. The fraction of sp³-hybridized carbons (Fsp3) is 1.00. The van der Waals surface area contributed by atoms with Crippen LogP contribution in [0.25, 0.3) is 0 Å². The molecule has 0 atom stereocenters. The average Bonchev–Trinajstić information content (AvgIpc) is 2.86. The Balaban J connectivity index is 5.80. The lowest BCUT2D eigenvalue weighted by Crippen LogP contribution is -2.43. The molecule has 34 heavy (non-hydrogen) atoms. The summed E-state index contributed by atoms with van der Waals surface area (Å²) in [6, 6.07) is 3.90. The highest BCUT2D eigenvalue weighted by Gasteiger charge is 2.41. The first-order valence-electron chi connectivity index (χ1n) is 15.2. The van der Waals surface area contributed by atoms with E-state index in [0.29, 0.717) is 5.41 Å². The first-order valence-corrected chi connectivity index (χ1v) is 17.7. The Morgan fingerprint density at radius 2 is 0.853 bits per heavy atom. The van der Waals surface area contributed by atoms with Crippen molar-refractivity contribution in [2.75, 3.05) is 65.5 Å². The van der Waals surface area contributed by atoms with E-state index in [9.17, 15) is 0 Å². The standard InChI is InChI=1S/C29H65N3OSi/c1-10-30(11-2)25-19-22-29(23-20-26-31(12-3)13-4,24-21-27-32(14-5)15-6)28-34(17-8,18-9)33-16-7/h10-28H2,1-9H3. The van der Waals surface area contributed by atoms with Crippen molar-refractivity contribution < 1.29 is 4.43 Å². The minimum Gasteiger partial charge on any atom is -0.417 e. The fourth-order valence-electron chi connectivity index (χ4n) is 6.04. The van der Waals surface area contributed by atoms with Gasteiger partial charge in [-0.3, -0.25) is 0 Å². The lowest BCUT2D eigenvalue weighted by atomic mass is 9.76. The molecule has 0 unspecified atom stereocenters. The lowest BCUT2D eigenvalue weighted by molar-refractivity contribution is 0.171. The molecule has 0 bridgehead atoms. The third kappa shape index (κ3) is 12.8. The molecule has 0 saturated heterocycles. The largest absolute Gasteiger partial charge is 0.417 e. The minimum absolute atomic E-state index is 0.445. The predicted octanol–water partition coefficient (Wildman–Crippen LogP) is 7.36. The van der Waals surface area contributed by atoms with Crippen LogP contribution in [0.4, 0.5) is 0 Å². The molecule has 0 aromatic carbocycles. The maximum atomic E-state index is 6.70. The van der Waals surface area contributed by atoms with Crippen LogP contribution >= 0.6 is 0 Å². The Labute approximate surface area is 217 Å². The third-order valence-corrected chi connectivity index (χ3v) is 13.5. The molecule has 0 saturated carbocycles. The van der Waals surface area contributed by atoms with Gasteiger partial charge in [0.05, 0.1) is 0 Å². The molecule has 0 spiro atoms. The highest BCUT2D eigenvalue weighted by atomic mass is 28.4. The molecule has 4 nitrogen and oxygen atoms in total. The summed E-state index contributed by atoms with van der Waals surface area (Å²) in [5.74, 6) is 0. The summed E-state index contributed by atoms with van der Waals surface area (Å²) in [5, 5.41) is 0. The second kappa shape index (κ2) is 20.2. The Kier molecular flexibility index (Phi) is 20.2. The summed E-state index contributed by atoms with van der Waals surface area (Å²) >= 11 is 0. The van der Waals surface area contributed by atoms with E-state index in [2.05, 4.69) is 77.0 Å². The van der Waals surface area contributed by atoms with Gasteiger partial charge in [0.1, 0.15) is 0 Å². The molecular weight excluding hydrogens is 434 g/mol. The number of hydrogen-bond donors (Lipinski definition) is 0. The maximum Gasteiger partial charge on any atom is 0.192 e. The van der Waals surface area contributed by atoms with Crippen molar-refractivity contribution >= 4 is 8.32 Å². The van der Waals surface area contributed by atoms with Gasteiger partial charge >= 0.3 is 0 Å². The van der Waals surface area contributed by atoms with Crippen molar-refractivity contribution in [3.05, 3.63) is 0 Å². The van der Waals surface area contributed by atoms with E-state index in [0.717, 1.165) is 6.61 Å². The summed E-state index contributed by atoms with van der Waals surface area (Å²) in [5.41, 5.74) is 0.445. The monoisotopic (exact) mass is 499 g/mol. The zero-order valence-electron chi connectivity index (χ0n) is 25.2. The van der Waals surface area contributed by atoms with E-state index in [1.807, 2.05) is 0 Å². The van der Waals surface area contributed by atoms with Crippen LogP contribution < -0.4 is 0 Å². The van der Waals surface area contributed by atoms with Crippen LogP contribution in [0.5, 0.6) is 0 Å². The van der Waals surface area contributed by atoms with E-state index in [-0.39, 0.29) is 0 Å². The summed E-state index contributed by atoms with van der Waals surface area (Å²) in [6.07, 6.45) is 8.14. The van der Waals surface area contributed by atoms with Gasteiger partial charge in [0.2, 0.25) is 0 Å². The average molecular weight is 500 g/mol. The molecule has 0 aromatic heterocycles. The van der Waals surface area contributed by atoms with E-state index >= 15 is 0 Å². The van der Waals surface area contributed by atoms with Crippen LogP contribution in [-0.2, 0) is 4.43 Å². The molecule has 0 radical (unpaired) electrons. The van der Waals surface area contributed by atoms with Crippen LogP contribution in [0.3, 0.4) is 0 Å². The zero-order valence-corrected chi connectivity index (χ0v) is 26.2.